The Bertz CT molecular complexity index is 600. The fraction of sp³-hybridized carbons (Fsp3) is 0.353. The van der Waals surface area contributed by atoms with E-state index in [0.717, 1.165) is 12.2 Å². The Hall–Kier alpha value is -1.30. The maximum Gasteiger partial charge on any atom is 0.256 e. The van der Waals surface area contributed by atoms with E-state index < -0.39 is 6.10 Å². The van der Waals surface area contributed by atoms with Gasteiger partial charge in [-0.05, 0) is 23.4 Å². The van der Waals surface area contributed by atoms with Crippen LogP contribution < -0.4 is 0 Å². The van der Waals surface area contributed by atoms with Crippen LogP contribution in [0.3, 0.4) is 0 Å². The number of nitrogens with zero attached hydrogens (tertiary/aromatic N) is 1. The van der Waals surface area contributed by atoms with E-state index >= 15 is 0 Å². The Morgan fingerprint density at radius 2 is 2.00 bits per heavy atom. The van der Waals surface area contributed by atoms with Crippen LogP contribution in [0.2, 0.25) is 0 Å². The van der Waals surface area contributed by atoms with Gasteiger partial charge in [-0.15, -0.1) is 11.3 Å². The van der Waals surface area contributed by atoms with Gasteiger partial charge in [-0.2, -0.15) is 11.8 Å². The second kappa shape index (κ2) is 7.31. The minimum atomic E-state index is -1.05. The molecule has 1 aromatic carbocycles. The summed E-state index contributed by atoms with van der Waals surface area (Å²) < 4.78 is 0. The van der Waals surface area contributed by atoms with Gasteiger partial charge >= 0.3 is 0 Å². The molecule has 1 fully saturated rings. The average molecular weight is 333 g/mol. The molecular weight excluding hydrogens is 314 g/mol. The van der Waals surface area contributed by atoms with Gasteiger partial charge in [-0.25, -0.2) is 0 Å². The molecule has 1 aliphatic heterocycles. The lowest BCUT2D eigenvalue weighted by Gasteiger charge is -2.23. The molecule has 0 bridgehead atoms. The van der Waals surface area contributed by atoms with E-state index in [2.05, 4.69) is 17.5 Å². The number of carbonyl (C=O) groups excluding carboxylic acids is 1. The first-order valence-electron chi connectivity index (χ1n) is 7.42. The number of carbonyl (C=O) groups is 1. The first-order valence-corrected chi connectivity index (χ1v) is 9.35. The van der Waals surface area contributed by atoms with Gasteiger partial charge in [0.2, 0.25) is 0 Å². The lowest BCUT2D eigenvalue weighted by molar-refractivity contribution is -0.140. The third-order valence-corrected chi connectivity index (χ3v) is 6.31. The number of benzene rings is 1. The van der Waals surface area contributed by atoms with Crippen LogP contribution in [-0.4, -0.2) is 34.8 Å². The molecule has 22 heavy (non-hydrogen) atoms. The van der Waals surface area contributed by atoms with Crippen LogP contribution in [0.1, 0.15) is 28.2 Å². The zero-order chi connectivity index (χ0) is 15.4. The number of hydrogen-bond acceptors (Lipinski definition) is 4. The van der Waals surface area contributed by atoms with Crippen molar-refractivity contribution < 1.29 is 9.90 Å². The minimum Gasteiger partial charge on any atom is -0.378 e. The number of aliphatic hydroxyl groups excluding tert-OH is 1. The summed E-state index contributed by atoms with van der Waals surface area (Å²) in [6.45, 7) is 1.41. The second-order valence-electron chi connectivity index (χ2n) is 5.30. The maximum absolute atomic E-state index is 12.5. The molecule has 116 valence electrons. The molecular formula is C17H19NO2S2. The smallest absolute Gasteiger partial charge is 0.256 e. The van der Waals surface area contributed by atoms with Gasteiger partial charge in [0.05, 0.1) is 0 Å². The van der Waals surface area contributed by atoms with Crippen LogP contribution in [0.4, 0.5) is 0 Å². The molecule has 2 heterocycles. The van der Waals surface area contributed by atoms with Crippen LogP contribution in [0.5, 0.6) is 0 Å². The summed E-state index contributed by atoms with van der Waals surface area (Å²) >= 11 is 3.68. The van der Waals surface area contributed by atoms with E-state index in [-0.39, 0.29) is 5.91 Å². The summed E-state index contributed by atoms with van der Waals surface area (Å²) in [6, 6.07) is 13.4. The standard InChI is InChI=1S/C17H19NO2S2/c19-16(13-5-2-1-3-6-13)17(20)18-9-8-15(22-12-10-18)14-7-4-11-21-14/h1-7,11,15-16,19H,8-10,12H2. The monoisotopic (exact) mass is 333 g/mol. The number of amides is 1. The Kier molecular flexibility index (Phi) is 5.18. The van der Waals surface area contributed by atoms with E-state index in [1.54, 1.807) is 28.4 Å². The van der Waals surface area contributed by atoms with Crippen molar-refractivity contribution in [3.05, 3.63) is 58.3 Å². The summed E-state index contributed by atoms with van der Waals surface area (Å²) in [5.74, 6) is 0.731. The normalized spacial score (nSPS) is 20.4. The third-order valence-electron chi connectivity index (χ3n) is 3.86. The van der Waals surface area contributed by atoms with Gasteiger partial charge in [0.15, 0.2) is 6.10 Å². The molecule has 1 N–H and O–H groups in total. The van der Waals surface area contributed by atoms with E-state index in [4.69, 9.17) is 0 Å². The number of thioether (sulfide) groups is 1. The molecule has 0 aliphatic carbocycles. The number of rotatable bonds is 3. The lowest BCUT2D eigenvalue weighted by atomic mass is 10.1. The predicted octanol–water partition coefficient (Wildman–Crippen LogP) is 3.49. The van der Waals surface area contributed by atoms with Crippen LogP contribution in [0, 0.1) is 0 Å². The Morgan fingerprint density at radius 3 is 2.73 bits per heavy atom. The summed E-state index contributed by atoms with van der Waals surface area (Å²) in [7, 11) is 0. The quantitative estimate of drug-likeness (QED) is 0.935. The molecule has 2 aromatic rings. The zero-order valence-corrected chi connectivity index (χ0v) is 13.9. The molecule has 0 saturated carbocycles. The fourth-order valence-corrected chi connectivity index (χ4v) is 4.88. The van der Waals surface area contributed by atoms with Gasteiger partial charge in [-0.1, -0.05) is 36.4 Å². The molecule has 2 unspecified atom stereocenters. The van der Waals surface area contributed by atoms with Crippen LogP contribution >= 0.6 is 23.1 Å². The largest absolute Gasteiger partial charge is 0.378 e. The molecule has 1 amide bonds. The highest BCUT2D eigenvalue weighted by Gasteiger charge is 2.27. The molecule has 1 aliphatic rings. The van der Waals surface area contributed by atoms with Crippen molar-refractivity contribution in [1.82, 2.24) is 4.90 Å². The molecule has 1 aromatic heterocycles. The molecule has 5 heteroatoms. The first-order chi connectivity index (χ1) is 10.8. The van der Waals surface area contributed by atoms with E-state index in [1.165, 1.54) is 4.88 Å². The van der Waals surface area contributed by atoms with E-state index in [9.17, 15) is 9.90 Å². The van der Waals surface area contributed by atoms with Crippen LogP contribution in [-0.2, 0) is 4.79 Å². The Balaban J connectivity index is 1.64. The van der Waals surface area contributed by atoms with Crippen molar-refractivity contribution in [2.24, 2.45) is 0 Å². The molecule has 2 atom stereocenters. The first kappa shape index (κ1) is 15.6. The third kappa shape index (κ3) is 3.54. The van der Waals surface area contributed by atoms with Crippen LogP contribution in [0.25, 0.3) is 0 Å². The van der Waals surface area contributed by atoms with Crippen molar-refractivity contribution in [2.45, 2.75) is 17.8 Å². The zero-order valence-electron chi connectivity index (χ0n) is 12.2. The summed E-state index contributed by atoms with van der Waals surface area (Å²) in [5, 5.41) is 12.9. The van der Waals surface area contributed by atoms with Crippen molar-refractivity contribution in [3.8, 4) is 0 Å². The SMILES string of the molecule is O=C(C(O)c1ccccc1)N1CCSC(c2cccs2)CC1. The lowest BCUT2D eigenvalue weighted by Crippen LogP contribution is -2.36. The average Bonchev–Trinajstić information content (AvgIpc) is 2.99. The topological polar surface area (TPSA) is 40.5 Å². The summed E-state index contributed by atoms with van der Waals surface area (Å²) in [4.78, 5) is 15.7. The summed E-state index contributed by atoms with van der Waals surface area (Å²) in [6.07, 6.45) is -0.109. The Labute approximate surface area is 139 Å². The predicted molar refractivity (Wildman–Crippen MR) is 92.1 cm³/mol. The van der Waals surface area contributed by atoms with Crippen molar-refractivity contribution in [1.29, 1.82) is 0 Å². The number of aliphatic hydroxyl groups is 1. The molecule has 3 rings (SSSR count). The highest BCUT2D eigenvalue weighted by Crippen LogP contribution is 2.37. The minimum absolute atomic E-state index is 0.182. The van der Waals surface area contributed by atoms with Gasteiger partial charge in [0.1, 0.15) is 0 Å². The highest BCUT2D eigenvalue weighted by atomic mass is 32.2. The number of thiophene rings is 1. The Morgan fingerprint density at radius 1 is 1.18 bits per heavy atom. The van der Waals surface area contributed by atoms with E-state index in [1.807, 2.05) is 30.0 Å². The van der Waals surface area contributed by atoms with Crippen LogP contribution in [0.15, 0.2) is 47.8 Å². The van der Waals surface area contributed by atoms with E-state index in [0.29, 0.717) is 23.9 Å². The van der Waals surface area contributed by atoms with Crippen molar-refractivity contribution in [2.75, 3.05) is 18.8 Å². The molecule has 1 saturated heterocycles. The molecule has 0 spiro atoms. The van der Waals surface area contributed by atoms with Gasteiger partial charge in [-0.3, -0.25) is 4.79 Å². The van der Waals surface area contributed by atoms with Crippen molar-refractivity contribution >= 4 is 29.0 Å². The maximum atomic E-state index is 12.5. The number of hydrogen-bond donors (Lipinski definition) is 1. The summed E-state index contributed by atoms with van der Waals surface area (Å²) in [5.41, 5.74) is 0.666. The van der Waals surface area contributed by atoms with Crippen molar-refractivity contribution in [3.63, 3.8) is 0 Å². The van der Waals surface area contributed by atoms with Gasteiger partial charge in [0.25, 0.3) is 5.91 Å². The second-order valence-corrected chi connectivity index (χ2v) is 7.59. The molecule has 3 nitrogen and oxygen atoms in total. The fourth-order valence-electron chi connectivity index (χ4n) is 2.64. The highest BCUT2D eigenvalue weighted by molar-refractivity contribution is 7.99. The van der Waals surface area contributed by atoms with Gasteiger partial charge < -0.3 is 10.0 Å². The molecule has 0 radical (unpaired) electrons. The van der Waals surface area contributed by atoms with Gasteiger partial charge in [0, 0.05) is 29.0 Å².